The highest BCUT2D eigenvalue weighted by atomic mass is 32.3. The van der Waals surface area contributed by atoms with Crippen molar-refractivity contribution in [1.82, 2.24) is 5.32 Å². The van der Waals surface area contributed by atoms with E-state index in [1.165, 1.54) is 76.7 Å². The van der Waals surface area contributed by atoms with E-state index in [4.69, 9.17) is 14.0 Å². The number of amides is 1. The molecule has 1 aliphatic heterocycles. The van der Waals surface area contributed by atoms with Crippen molar-refractivity contribution in [3.8, 4) is 0 Å². The molecule has 8 unspecified atom stereocenters. The monoisotopic (exact) mass is 794 g/mol. The molecule has 7 N–H and O–H groups in total. The van der Waals surface area contributed by atoms with Crippen molar-refractivity contribution in [2.45, 2.75) is 210 Å². The van der Waals surface area contributed by atoms with Crippen LogP contribution >= 0.6 is 0 Å². The Hall–Kier alpha value is -1.46. The minimum atomic E-state index is -5.11. The van der Waals surface area contributed by atoms with Gasteiger partial charge >= 0.3 is 10.4 Å². The van der Waals surface area contributed by atoms with Gasteiger partial charge in [-0.3, -0.25) is 9.35 Å². The average Bonchev–Trinajstić information content (AvgIpc) is 3.14. The van der Waals surface area contributed by atoms with E-state index < -0.39 is 78.5 Å². The first-order valence-corrected chi connectivity index (χ1v) is 22.2. The average molecular weight is 794 g/mol. The van der Waals surface area contributed by atoms with Crippen LogP contribution < -0.4 is 5.32 Å². The number of allylic oxidation sites excluding steroid dienone is 3. The van der Waals surface area contributed by atoms with E-state index in [2.05, 4.69) is 35.5 Å². The molecule has 0 radical (unpaired) electrons. The van der Waals surface area contributed by atoms with Gasteiger partial charge in [0.15, 0.2) is 6.29 Å². The molecule has 1 rings (SSSR count). The van der Waals surface area contributed by atoms with Crippen molar-refractivity contribution in [2.75, 3.05) is 13.2 Å². The van der Waals surface area contributed by atoms with Gasteiger partial charge in [-0.25, -0.2) is 4.18 Å². The number of carbonyl (C=O) groups excluding carboxylic acids is 1. The summed E-state index contributed by atoms with van der Waals surface area (Å²) >= 11 is 0. The van der Waals surface area contributed by atoms with Gasteiger partial charge in [0, 0.05) is 0 Å². The molecular weight excluding hydrogens is 719 g/mol. The highest BCUT2D eigenvalue weighted by Crippen LogP contribution is 2.26. The lowest BCUT2D eigenvalue weighted by atomic mass is 9.99. The predicted molar refractivity (Wildman–Crippen MR) is 210 cm³/mol. The van der Waals surface area contributed by atoms with Crippen molar-refractivity contribution < 1.29 is 57.0 Å². The lowest BCUT2D eigenvalue weighted by Gasteiger charge is -2.41. The molecule has 1 heterocycles. The Morgan fingerprint density at radius 3 is 1.72 bits per heavy atom. The van der Waals surface area contributed by atoms with Gasteiger partial charge in [-0.15, -0.1) is 0 Å². The summed E-state index contributed by atoms with van der Waals surface area (Å²) in [5.74, 6) is -0.715. The fourth-order valence-electron chi connectivity index (χ4n) is 6.45. The van der Waals surface area contributed by atoms with E-state index >= 15 is 0 Å². The van der Waals surface area contributed by atoms with Crippen LogP contribution in [-0.4, -0.2) is 107 Å². The summed E-state index contributed by atoms with van der Waals surface area (Å²) in [6.07, 6.45) is 21.5. The Labute approximate surface area is 325 Å². The van der Waals surface area contributed by atoms with Gasteiger partial charge in [0.25, 0.3) is 0 Å². The number of aliphatic hydroxyl groups excluding tert-OH is 5. The maximum absolute atomic E-state index is 13.0. The highest BCUT2D eigenvalue weighted by Gasteiger charge is 2.48. The van der Waals surface area contributed by atoms with Gasteiger partial charge in [-0.1, -0.05) is 141 Å². The smallest absolute Gasteiger partial charge is 0.394 e. The molecule has 1 amide bonds. The van der Waals surface area contributed by atoms with Gasteiger partial charge in [0.1, 0.15) is 30.5 Å². The van der Waals surface area contributed by atoms with Crippen LogP contribution in [0.1, 0.15) is 162 Å². The molecule has 318 valence electrons. The van der Waals surface area contributed by atoms with E-state index in [1.54, 1.807) is 6.08 Å². The molecule has 1 fully saturated rings. The third-order valence-corrected chi connectivity index (χ3v) is 10.3. The Morgan fingerprint density at radius 1 is 0.741 bits per heavy atom. The van der Waals surface area contributed by atoms with E-state index in [1.807, 2.05) is 0 Å². The van der Waals surface area contributed by atoms with Crippen molar-refractivity contribution >= 4 is 16.3 Å². The SMILES string of the molecule is CCCCCCCC/C=C/C(O)C(COC1OC(CO)C(O)C(OS(=O)(=O)O)C1O)NC(=O)C(O)CCCCCC/C=C\CCCCCCCCCCC. The van der Waals surface area contributed by atoms with Gasteiger partial charge in [0.05, 0.1) is 25.4 Å². The van der Waals surface area contributed by atoms with Gasteiger partial charge in [-0.2, -0.15) is 8.42 Å². The second-order valence-electron chi connectivity index (χ2n) is 14.7. The fraction of sp³-hybridized carbons (Fsp3) is 0.875. The molecule has 0 aromatic heterocycles. The second kappa shape index (κ2) is 31.6. The number of nitrogens with one attached hydrogen (secondary N) is 1. The van der Waals surface area contributed by atoms with Crippen LogP contribution in [0.15, 0.2) is 24.3 Å². The van der Waals surface area contributed by atoms with Crippen LogP contribution in [0.2, 0.25) is 0 Å². The maximum Gasteiger partial charge on any atom is 0.397 e. The van der Waals surface area contributed by atoms with Gasteiger partial charge in [-0.05, 0) is 44.9 Å². The molecule has 8 atom stereocenters. The van der Waals surface area contributed by atoms with Crippen LogP contribution in [0.5, 0.6) is 0 Å². The molecule has 13 nitrogen and oxygen atoms in total. The topological polar surface area (TPSA) is 212 Å². The van der Waals surface area contributed by atoms with E-state index in [0.717, 1.165) is 57.8 Å². The first-order valence-electron chi connectivity index (χ1n) is 20.8. The van der Waals surface area contributed by atoms with Gasteiger partial charge in [0.2, 0.25) is 5.91 Å². The molecule has 0 aromatic carbocycles. The Balaban J connectivity index is 2.58. The molecular formula is C40H75NO12S. The molecule has 0 spiro atoms. The van der Waals surface area contributed by atoms with Crippen molar-refractivity contribution in [1.29, 1.82) is 0 Å². The minimum Gasteiger partial charge on any atom is -0.394 e. The third-order valence-electron chi connectivity index (χ3n) is 9.83. The van der Waals surface area contributed by atoms with Crippen LogP contribution in [-0.2, 0) is 28.9 Å². The summed E-state index contributed by atoms with van der Waals surface area (Å²) in [7, 11) is -5.11. The lowest BCUT2D eigenvalue weighted by molar-refractivity contribution is -0.298. The van der Waals surface area contributed by atoms with E-state index in [-0.39, 0.29) is 6.42 Å². The summed E-state index contributed by atoms with van der Waals surface area (Å²) in [4.78, 5) is 13.0. The molecule has 54 heavy (non-hydrogen) atoms. The van der Waals surface area contributed by atoms with Crippen LogP contribution in [0.25, 0.3) is 0 Å². The molecule has 1 aliphatic rings. The number of hydrogen-bond acceptors (Lipinski definition) is 11. The number of carbonyl (C=O) groups is 1. The summed E-state index contributed by atoms with van der Waals surface area (Å²) in [6.45, 7) is 3.13. The summed E-state index contributed by atoms with van der Waals surface area (Å²) in [5.41, 5.74) is 0. The van der Waals surface area contributed by atoms with Crippen LogP contribution in [0.3, 0.4) is 0 Å². The summed E-state index contributed by atoms with van der Waals surface area (Å²) in [5, 5.41) is 54.8. The molecule has 14 heteroatoms. The standard InChI is InChI=1S/C40H75NO12S/c1-3-5-7-9-11-13-14-15-16-17-18-19-20-21-23-25-27-29-34(44)39(47)41-32(33(43)28-26-24-22-12-10-8-6-4-2)31-51-40-37(46)38(53-54(48,49)50)36(45)35(30-42)52-40/h18-19,26,28,32-38,40,42-46H,3-17,20-25,27,29-31H2,1-2H3,(H,41,47)(H,48,49,50)/b19-18-,28-26+. The van der Waals surface area contributed by atoms with E-state index in [0.29, 0.717) is 12.8 Å². The number of ether oxygens (including phenoxy) is 2. The van der Waals surface area contributed by atoms with Crippen LogP contribution in [0, 0.1) is 0 Å². The zero-order chi connectivity index (χ0) is 40.0. The molecule has 1 saturated heterocycles. The molecule has 0 aromatic rings. The Bertz CT molecular complexity index is 1090. The summed E-state index contributed by atoms with van der Waals surface area (Å²) < 4.78 is 47.2. The second-order valence-corrected chi connectivity index (χ2v) is 15.8. The van der Waals surface area contributed by atoms with Crippen molar-refractivity contribution in [3.05, 3.63) is 24.3 Å². The summed E-state index contributed by atoms with van der Waals surface area (Å²) in [6, 6.07) is -1.12. The van der Waals surface area contributed by atoms with Gasteiger partial charge < -0.3 is 40.3 Å². The normalized spacial score (nSPS) is 22.6. The lowest BCUT2D eigenvalue weighted by Crippen LogP contribution is -2.61. The molecule has 0 aliphatic carbocycles. The third kappa shape index (κ3) is 24.2. The van der Waals surface area contributed by atoms with Crippen molar-refractivity contribution in [3.63, 3.8) is 0 Å². The predicted octanol–water partition coefficient (Wildman–Crippen LogP) is 5.96. The Kier molecular flexibility index (Phi) is 29.6. The molecule has 0 bridgehead atoms. The minimum absolute atomic E-state index is 0.229. The number of rotatable bonds is 34. The zero-order valence-corrected chi connectivity index (χ0v) is 34.0. The Morgan fingerprint density at radius 2 is 1.22 bits per heavy atom. The molecule has 0 saturated carbocycles. The first kappa shape index (κ1) is 50.6. The highest BCUT2D eigenvalue weighted by molar-refractivity contribution is 7.80. The maximum atomic E-state index is 13.0. The van der Waals surface area contributed by atoms with Crippen LogP contribution in [0.4, 0.5) is 0 Å². The zero-order valence-electron chi connectivity index (χ0n) is 33.1. The number of aliphatic hydroxyl groups is 5. The fourth-order valence-corrected chi connectivity index (χ4v) is 6.96. The number of unbranched alkanes of at least 4 members (excludes halogenated alkanes) is 19. The van der Waals surface area contributed by atoms with Crippen molar-refractivity contribution in [2.24, 2.45) is 0 Å². The van der Waals surface area contributed by atoms with E-state index in [9.17, 15) is 38.7 Å². The number of hydrogen-bond donors (Lipinski definition) is 7. The quantitative estimate of drug-likeness (QED) is 0.0229. The first-order chi connectivity index (χ1) is 25.9. The largest absolute Gasteiger partial charge is 0.397 e.